The van der Waals surface area contributed by atoms with E-state index in [1.54, 1.807) is 0 Å². The molecule has 0 atom stereocenters. The van der Waals surface area contributed by atoms with Crippen molar-refractivity contribution in [2.24, 2.45) is 5.92 Å². The maximum absolute atomic E-state index is 13.8. The van der Waals surface area contributed by atoms with Crippen LogP contribution in [0.1, 0.15) is 31.2 Å². The molecule has 0 aliphatic heterocycles. The highest BCUT2D eigenvalue weighted by molar-refractivity contribution is 5.90. The predicted octanol–water partition coefficient (Wildman–Crippen LogP) is 5.15. The predicted molar refractivity (Wildman–Crippen MR) is 121 cm³/mol. The quantitative estimate of drug-likeness (QED) is 0.279. The normalized spacial score (nSPS) is 18.3. The fourth-order valence-electron chi connectivity index (χ4n) is 4.37. The van der Waals surface area contributed by atoms with Crippen molar-refractivity contribution in [2.75, 3.05) is 30.9 Å². The second-order valence-electron chi connectivity index (χ2n) is 8.82. The maximum atomic E-state index is 13.8. The fraction of sp³-hybridized carbons (Fsp3) is 0.417. The summed E-state index contributed by atoms with van der Waals surface area (Å²) in [5, 5.41) is 7.23. The molecule has 2 aromatic carbocycles. The van der Waals surface area contributed by atoms with Crippen LogP contribution in [0.2, 0.25) is 0 Å². The number of nitrogens with zero attached hydrogens (tertiary/aromatic N) is 3. The molecular formula is C24H26F5N5. The number of fused-ring (bicyclic) bond motifs is 1. The zero-order valence-electron chi connectivity index (χ0n) is 18.9. The Labute approximate surface area is 194 Å². The number of para-hydroxylation sites is 1. The molecule has 1 aliphatic carbocycles. The summed E-state index contributed by atoms with van der Waals surface area (Å²) in [5.74, 6) is -7.93. The third kappa shape index (κ3) is 4.91. The van der Waals surface area contributed by atoms with E-state index in [1.165, 1.54) is 0 Å². The zero-order valence-corrected chi connectivity index (χ0v) is 18.9. The van der Waals surface area contributed by atoms with Gasteiger partial charge in [-0.2, -0.15) is 4.98 Å². The number of hydrogen-bond acceptors (Lipinski definition) is 5. The van der Waals surface area contributed by atoms with Crippen molar-refractivity contribution in [2.45, 2.75) is 38.3 Å². The van der Waals surface area contributed by atoms with Crippen LogP contribution in [-0.4, -0.2) is 36.6 Å². The van der Waals surface area contributed by atoms with Crippen LogP contribution >= 0.6 is 0 Å². The number of aromatic nitrogens is 2. The number of hydrogen-bond donors (Lipinski definition) is 2. The molecule has 3 aromatic rings. The molecule has 1 fully saturated rings. The van der Waals surface area contributed by atoms with Crippen molar-refractivity contribution in [3.05, 3.63) is 58.9 Å². The van der Waals surface area contributed by atoms with Gasteiger partial charge in [0.1, 0.15) is 5.82 Å². The molecule has 2 N–H and O–H groups in total. The highest BCUT2D eigenvalue weighted by Gasteiger charge is 2.26. The van der Waals surface area contributed by atoms with E-state index < -0.39 is 41.2 Å². The van der Waals surface area contributed by atoms with Gasteiger partial charge >= 0.3 is 0 Å². The first-order valence-corrected chi connectivity index (χ1v) is 11.2. The van der Waals surface area contributed by atoms with Gasteiger partial charge in [-0.05, 0) is 50.3 Å². The van der Waals surface area contributed by atoms with E-state index in [4.69, 9.17) is 0 Å². The van der Waals surface area contributed by atoms with Gasteiger partial charge < -0.3 is 15.5 Å². The molecule has 1 heterocycles. The Kier molecular flexibility index (Phi) is 7.16. The van der Waals surface area contributed by atoms with Gasteiger partial charge in [0, 0.05) is 37.6 Å². The molecule has 0 bridgehead atoms. The van der Waals surface area contributed by atoms with Crippen LogP contribution in [0.25, 0.3) is 10.9 Å². The van der Waals surface area contributed by atoms with E-state index in [0.717, 1.165) is 42.4 Å². The molecule has 1 saturated carbocycles. The van der Waals surface area contributed by atoms with Crippen molar-refractivity contribution in [3.63, 3.8) is 0 Å². The lowest BCUT2D eigenvalue weighted by Gasteiger charge is -2.29. The minimum absolute atomic E-state index is 0.183. The van der Waals surface area contributed by atoms with Crippen molar-refractivity contribution in [1.82, 2.24) is 15.3 Å². The van der Waals surface area contributed by atoms with Crippen LogP contribution in [-0.2, 0) is 6.54 Å². The number of anilines is 2. The molecule has 0 amide bonds. The number of benzene rings is 2. The largest absolute Gasteiger partial charge is 0.362 e. The third-order valence-corrected chi connectivity index (χ3v) is 6.22. The Morgan fingerprint density at radius 3 is 2.12 bits per heavy atom. The molecule has 0 spiro atoms. The first-order chi connectivity index (χ1) is 16.3. The second kappa shape index (κ2) is 10.1. The summed E-state index contributed by atoms with van der Waals surface area (Å²) < 4.78 is 67.5. The van der Waals surface area contributed by atoms with Gasteiger partial charge in [0.15, 0.2) is 23.3 Å². The Hall–Kier alpha value is -3.01. The molecule has 5 nitrogen and oxygen atoms in total. The standard InChI is InChI=1S/C24H26F5N5/c1-34(2)23-15-5-3-4-6-17(15)32-24(33-23)31-14-9-7-13(8-10-14)11-30-12-16-18(25)20(27)22(29)21(28)19(16)26/h3-6,13-14,30H,7-12H2,1-2H3,(H,31,32,33)/t13-,14+. The van der Waals surface area contributed by atoms with Gasteiger partial charge in [0.05, 0.1) is 5.52 Å². The second-order valence-corrected chi connectivity index (χ2v) is 8.82. The molecule has 1 aliphatic rings. The van der Waals surface area contributed by atoms with Crippen LogP contribution in [0.3, 0.4) is 0 Å². The Morgan fingerprint density at radius 1 is 0.853 bits per heavy atom. The van der Waals surface area contributed by atoms with Crippen molar-refractivity contribution in [1.29, 1.82) is 0 Å². The molecule has 10 heteroatoms. The summed E-state index contributed by atoms with van der Waals surface area (Å²) in [4.78, 5) is 11.2. The Balaban J connectivity index is 1.32. The van der Waals surface area contributed by atoms with Gasteiger partial charge in [0.25, 0.3) is 0 Å². The van der Waals surface area contributed by atoms with Crippen LogP contribution < -0.4 is 15.5 Å². The molecule has 0 unspecified atom stereocenters. The van der Waals surface area contributed by atoms with Crippen molar-refractivity contribution in [3.8, 4) is 0 Å². The highest BCUT2D eigenvalue weighted by atomic mass is 19.2. The smallest absolute Gasteiger partial charge is 0.225 e. The minimum atomic E-state index is -2.14. The fourth-order valence-corrected chi connectivity index (χ4v) is 4.37. The molecule has 0 radical (unpaired) electrons. The molecule has 1 aromatic heterocycles. The van der Waals surface area contributed by atoms with Crippen molar-refractivity contribution >= 4 is 22.7 Å². The zero-order chi connectivity index (χ0) is 24.4. The molecule has 4 rings (SSSR count). The lowest BCUT2D eigenvalue weighted by atomic mass is 9.86. The van der Waals surface area contributed by atoms with Gasteiger partial charge in [-0.1, -0.05) is 12.1 Å². The average Bonchev–Trinajstić information content (AvgIpc) is 2.84. The van der Waals surface area contributed by atoms with Gasteiger partial charge in [-0.3, -0.25) is 0 Å². The molecule has 0 saturated heterocycles. The topological polar surface area (TPSA) is 53.1 Å². The summed E-state index contributed by atoms with van der Waals surface area (Å²) in [6.07, 6.45) is 3.39. The molecular weight excluding hydrogens is 453 g/mol. The van der Waals surface area contributed by atoms with Crippen LogP contribution in [0.15, 0.2) is 24.3 Å². The Morgan fingerprint density at radius 2 is 1.47 bits per heavy atom. The number of rotatable bonds is 7. The minimum Gasteiger partial charge on any atom is -0.362 e. The summed E-state index contributed by atoms with van der Waals surface area (Å²) in [6, 6.07) is 8.00. The maximum Gasteiger partial charge on any atom is 0.225 e. The third-order valence-electron chi connectivity index (χ3n) is 6.22. The summed E-state index contributed by atoms with van der Waals surface area (Å²) in [6.45, 7) is -0.00826. The van der Waals surface area contributed by atoms with Crippen LogP contribution in [0.4, 0.5) is 33.7 Å². The average molecular weight is 479 g/mol. The first kappa shape index (κ1) is 24.1. The van der Waals surface area contributed by atoms with E-state index in [0.29, 0.717) is 12.5 Å². The van der Waals surface area contributed by atoms with Gasteiger partial charge in [0.2, 0.25) is 11.8 Å². The number of nitrogens with one attached hydrogen (secondary N) is 2. The lowest BCUT2D eigenvalue weighted by molar-refractivity contribution is 0.319. The van der Waals surface area contributed by atoms with E-state index in [2.05, 4.69) is 20.6 Å². The lowest BCUT2D eigenvalue weighted by Crippen LogP contribution is -2.32. The Bertz CT molecular complexity index is 1150. The van der Waals surface area contributed by atoms with E-state index in [9.17, 15) is 22.0 Å². The summed E-state index contributed by atoms with van der Waals surface area (Å²) >= 11 is 0. The monoisotopic (exact) mass is 479 g/mol. The van der Waals surface area contributed by atoms with E-state index in [-0.39, 0.29) is 12.0 Å². The SMILES string of the molecule is CN(C)c1nc(N[C@H]2CC[C@@H](CNCc3c(F)c(F)c(F)c(F)c3F)CC2)nc2ccccc12. The summed E-state index contributed by atoms with van der Waals surface area (Å²) in [7, 11) is 3.87. The summed E-state index contributed by atoms with van der Waals surface area (Å²) in [5.41, 5.74) is 0.0200. The number of halogens is 5. The van der Waals surface area contributed by atoms with E-state index in [1.807, 2.05) is 43.3 Å². The molecule has 182 valence electrons. The molecule has 34 heavy (non-hydrogen) atoms. The van der Waals surface area contributed by atoms with E-state index >= 15 is 0 Å². The van der Waals surface area contributed by atoms with Crippen LogP contribution in [0.5, 0.6) is 0 Å². The van der Waals surface area contributed by atoms with Gasteiger partial charge in [-0.15, -0.1) is 0 Å². The first-order valence-electron chi connectivity index (χ1n) is 11.2. The van der Waals surface area contributed by atoms with Gasteiger partial charge in [-0.25, -0.2) is 26.9 Å². The van der Waals surface area contributed by atoms with Crippen molar-refractivity contribution < 1.29 is 22.0 Å². The highest BCUT2D eigenvalue weighted by Crippen LogP contribution is 2.29. The van der Waals surface area contributed by atoms with Crippen LogP contribution in [0, 0.1) is 35.0 Å².